The number of aromatic nitrogens is 2. The Hall–Kier alpha value is -1.82. The van der Waals surface area contributed by atoms with Crippen LogP contribution in [-0.4, -0.2) is 9.97 Å². The second kappa shape index (κ2) is 4.58. The van der Waals surface area contributed by atoms with Crippen molar-refractivity contribution in [2.75, 3.05) is 5.73 Å². The first-order valence-electron chi connectivity index (χ1n) is 4.85. The number of halogens is 1. The highest BCUT2D eigenvalue weighted by Gasteiger charge is 2.09. The Balaban J connectivity index is 2.38. The number of benzene rings is 1. The molecule has 0 unspecified atom stereocenters. The summed E-state index contributed by atoms with van der Waals surface area (Å²) in [7, 11) is 0. The molecule has 0 amide bonds. The molecule has 1 heterocycles. The Morgan fingerprint density at radius 2 is 2.24 bits per heavy atom. The van der Waals surface area contributed by atoms with Crippen LogP contribution in [0.4, 0.5) is 5.69 Å². The van der Waals surface area contributed by atoms with Crippen LogP contribution in [0.5, 0.6) is 11.6 Å². The molecule has 2 rings (SSSR count). The minimum atomic E-state index is -0.289. The summed E-state index contributed by atoms with van der Waals surface area (Å²) in [6, 6.07) is 5.25. The van der Waals surface area contributed by atoms with Gasteiger partial charge in [-0.1, -0.05) is 0 Å². The summed E-state index contributed by atoms with van der Waals surface area (Å²) in [4.78, 5) is 17.7. The van der Waals surface area contributed by atoms with Crippen molar-refractivity contribution in [2.24, 2.45) is 0 Å². The summed E-state index contributed by atoms with van der Waals surface area (Å²) >= 11 is 3.12. The van der Waals surface area contributed by atoms with Crippen LogP contribution in [-0.2, 0) is 0 Å². The van der Waals surface area contributed by atoms with Gasteiger partial charge in [0.1, 0.15) is 10.2 Å². The van der Waals surface area contributed by atoms with Gasteiger partial charge in [0.25, 0.3) is 5.56 Å². The van der Waals surface area contributed by atoms with Gasteiger partial charge in [0, 0.05) is 5.69 Å². The first-order valence-corrected chi connectivity index (χ1v) is 5.64. The summed E-state index contributed by atoms with van der Waals surface area (Å²) in [6.45, 7) is 1.87. The molecule has 2 aromatic rings. The third kappa shape index (κ3) is 2.47. The van der Waals surface area contributed by atoms with Crippen molar-refractivity contribution in [3.63, 3.8) is 0 Å². The Morgan fingerprint density at radius 3 is 2.94 bits per heavy atom. The minimum Gasteiger partial charge on any atom is -0.437 e. The van der Waals surface area contributed by atoms with E-state index < -0.39 is 0 Å². The number of anilines is 1. The van der Waals surface area contributed by atoms with Crippen LogP contribution >= 0.6 is 15.9 Å². The van der Waals surface area contributed by atoms with Gasteiger partial charge < -0.3 is 15.5 Å². The van der Waals surface area contributed by atoms with Gasteiger partial charge in [-0.3, -0.25) is 4.79 Å². The van der Waals surface area contributed by atoms with Crippen molar-refractivity contribution >= 4 is 21.6 Å². The summed E-state index contributed by atoms with van der Waals surface area (Å²) < 4.78 is 5.80. The number of aryl methyl sites for hydroxylation is 1. The highest BCUT2D eigenvalue weighted by Crippen LogP contribution is 2.27. The molecule has 88 valence electrons. The van der Waals surface area contributed by atoms with Gasteiger partial charge in [-0.2, -0.15) is 0 Å². The molecule has 1 aromatic heterocycles. The summed E-state index contributed by atoms with van der Waals surface area (Å²) in [6.07, 6.45) is 1.29. The Bertz CT molecular complexity index is 610. The predicted octanol–water partition coefficient (Wildman–Crippen LogP) is 2.22. The number of hydrogen-bond donors (Lipinski definition) is 2. The van der Waals surface area contributed by atoms with Gasteiger partial charge in [-0.05, 0) is 46.6 Å². The Labute approximate surface area is 106 Å². The van der Waals surface area contributed by atoms with Crippen LogP contribution in [0.2, 0.25) is 0 Å². The maximum atomic E-state index is 11.3. The third-order valence-electron chi connectivity index (χ3n) is 2.17. The summed E-state index contributed by atoms with van der Waals surface area (Å²) in [5, 5.41) is 0. The number of rotatable bonds is 2. The normalized spacial score (nSPS) is 10.2. The van der Waals surface area contributed by atoms with Crippen molar-refractivity contribution in [1.29, 1.82) is 0 Å². The lowest BCUT2D eigenvalue weighted by Crippen LogP contribution is -2.08. The van der Waals surface area contributed by atoms with Crippen LogP contribution in [0, 0.1) is 6.92 Å². The van der Waals surface area contributed by atoms with E-state index in [2.05, 4.69) is 25.9 Å². The van der Waals surface area contributed by atoms with Gasteiger partial charge >= 0.3 is 0 Å². The average molecular weight is 296 g/mol. The van der Waals surface area contributed by atoms with Crippen molar-refractivity contribution in [3.05, 3.63) is 44.9 Å². The quantitative estimate of drug-likeness (QED) is 0.833. The van der Waals surface area contributed by atoms with Crippen LogP contribution < -0.4 is 16.0 Å². The molecule has 0 bridgehead atoms. The van der Waals surface area contributed by atoms with E-state index in [1.165, 1.54) is 6.33 Å². The van der Waals surface area contributed by atoms with E-state index in [-0.39, 0.29) is 15.9 Å². The van der Waals surface area contributed by atoms with Crippen molar-refractivity contribution < 1.29 is 4.74 Å². The highest BCUT2D eigenvalue weighted by molar-refractivity contribution is 9.10. The van der Waals surface area contributed by atoms with Gasteiger partial charge in [0.05, 0.1) is 6.33 Å². The van der Waals surface area contributed by atoms with Gasteiger partial charge in [-0.25, -0.2) is 4.98 Å². The number of nitrogens with zero attached hydrogens (tertiary/aromatic N) is 1. The minimum absolute atomic E-state index is 0.224. The smallest absolute Gasteiger partial charge is 0.268 e. The molecule has 1 aromatic carbocycles. The van der Waals surface area contributed by atoms with Gasteiger partial charge in [0.2, 0.25) is 5.88 Å². The lowest BCUT2D eigenvalue weighted by Gasteiger charge is -2.08. The number of ether oxygens (including phenoxy) is 1. The first-order chi connectivity index (χ1) is 8.08. The van der Waals surface area contributed by atoms with Gasteiger partial charge in [0.15, 0.2) is 0 Å². The van der Waals surface area contributed by atoms with Crippen molar-refractivity contribution in [3.8, 4) is 11.6 Å². The maximum Gasteiger partial charge on any atom is 0.268 e. The van der Waals surface area contributed by atoms with Crippen molar-refractivity contribution in [2.45, 2.75) is 6.92 Å². The summed E-state index contributed by atoms with van der Waals surface area (Å²) in [5.74, 6) is 0.833. The topological polar surface area (TPSA) is 81.0 Å². The number of aromatic amines is 1. The molecule has 0 fully saturated rings. The molecular formula is C11H10BrN3O2. The van der Waals surface area contributed by atoms with Gasteiger partial charge in [-0.15, -0.1) is 0 Å². The molecule has 6 heteroatoms. The molecule has 0 spiro atoms. The van der Waals surface area contributed by atoms with Crippen molar-refractivity contribution in [1.82, 2.24) is 9.97 Å². The first kappa shape index (κ1) is 11.7. The zero-order valence-corrected chi connectivity index (χ0v) is 10.6. The van der Waals surface area contributed by atoms with E-state index in [0.29, 0.717) is 11.4 Å². The maximum absolute atomic E-state index is 11.3. The van der Waals surface area contributed by atoms with Crippen LogP contribution in [0.3, 0.4) is 0 Å². The molecule has 5 nitrogen and oxygen atoms in total. The molecule has 3 N–H and O–H groups in total. The summed E-state index contributed by atoms with van der Waals surface area (Å²) in [5.41, 5.74) is 6.88. The monoisotopic (exact) mass is 295 g/mol. The fourth-order valence-electron chi connectivity index (χ4n) is 1.33. The highest BCUT2D eigenvalue weighted by atomic mass is 79.9. The van der Waals surface area contributed by atoms with E-state index in [1.54, 1.807) is 18.2 Å². The molecule has 0 saturated heterocycles. The number of nitrogens with one attached hydrogen (secondary N) is 1. The van der Waals surface area contributed by atoms with Crippen LogP contribution in [0.15, 0.2) is 33.8 Å². The number of hydrogen-bond acceptors (Lipinski definition) is 4. The van der Waals surface area contributed by atoms with Crippen LogP contribution in [0.25, 0.3) is 0 Å². The lowest BCUT2D eigenvalue weighted by molar-refractivity contribution is 0.453. The second-order valence-corrected chi connectivity index (χ2v) is 4.27. The third-order valence-corrected chi connectivity index (χ3v) is 2.87. The zero-order chi connectivity index (χ0) is 12.4. The second-order valence-electron chi connectivity index (χ2n) is 3.48. The molecule has 17 heavy (non-hydrogen) atoms. The van der Waals surface area contributed by atoms with E-state index in [1.807, 2.05) is 6.92 Å². The van der Waals surface area contributed by atoms with E-state index in [9.17, 15) is 4.79 Å². The number of H-pyrrole nitrogens is 1. The van der Waals surface area contributed by atoms with Crippen LogP contribution in [0.1, 0.15) is 5.56 Å². The predicted molar refractivity (Wildman–Crippen MR) is 68.2 cm³/mol. The fraction of sp³-hybridized carbons (Fsp3) is 0.0909. The molecular weight excluding hydrogens is 286 g/mol. The van der Waals surface area contributed by atoms with E-state index >= 15 is 0 Å². The molecule has 0 aliphatic heterocycles. The Kier molecular flexibility index (Phi) is 3.14. The standard InChI is InChI=1S/C11H10BrN3O2/c1-6-4-7(13)2-3-8(6)17-11-9(12)10(16)14-5-15-11/h2-5H,13H2,1H3,(H,14,15,16). The fourth-order valence-corrected chi connectivity index (χ4v) is 1.63. The molecule has 0 aliphatic carbocycles. The number of nitrogens with two attached hydrogens (primary N) is 1. The molecule has 0 saturated carbocycles. The molecule has 0 radical (unpaired) electrons. The zero-order valence-electron chi connectivity index (χ0n) is 9.03. The average Bonchev–Trinajstić information content (AvgIpc) is 2.28. The number of nitrogen functional groups attached to an aromatic ring is 1. The largest absolute Gasteiger partial charge is 0.437 e. The SMILES string of the molecule is Cc1cc(N)ccc1Oc1nc[nH]c(=O)c1Br. The van der Waals surface area contributed by atoms with E-state index in [0.717, 1.165) is 5.56 Å². The Morgan fingerprint density at radius 1 is 1.47 bits per heavy atom. The molecule has 0 atom stereocenters. The lowest BCUT2D eigenvalue weighted by atomic mass is 10.2. The molecule has 0 aliphatic rings. The van der Waals surface area contributed by atoms with E-state index in [4.69, 9.17) is 10.5 Å².